The standard InChI is InChI=1S/C25H24FN7O3S2/c1-2-36-25(35)32-12-10-31(11-13-32)23(34)19-15-37-21(28-19)16-38-24-30-29-22(17-6-5-9-27-14-17)33(24)20-8-4-3-7-18(20)26/h3-9,14-15H,2,10-13,16H2,1H3. The Balaban J connectivity index is 1.29. The lowest BCUT2D eigenvalue weighted by Gasteiger charge is -2.33. The summed E-state index contributed by atoms with van der Waals surface area (Å²) >= 11 is 2.73. The van der Waals surface area contributed by atoms with Crippen LogP contribution in [-0.4, -0.2) is 79.3 Å². The number of nitrogens with zero attached hydrogens (tertiary/aromatic N) is 7. The molecule has 1 saturated heterocycles. The Kier molecular flexibility index (Phi) is 7.94. The normalized spacial score (nSPS) is 13.5. The van der Waals surface area contributed by atoms with E-state index in [1.54, 1.807) is 63.3 Å². The number of hydrogen-bond acceptors (Lipinski definition) is 9. The molecule has 1 fully saturated rings. The predicted octanol–water partition coefficient (Wildman–Crippen LogP) is 4.13. The minimum atomic E-state index is -0.399. The van der Waals surface area contributed by atoms with E-state index >= 15 is 0 Å². The average Bonchev–Trinajstić information content (AvgIpc) is 3.60. The third-order valence-electron chi connectivity index (χ3n) is 5.83. The Hall–Kier alpha value is -3.84. The molecular weight excluding hydrogens is 529 g/mol. The van der Waals surface area contributed by atoms with Crippen molar-refractivity contribution < 1.29 is 18.7 Å². The van der Waals surface area contributed by atoms with Gasteiger partial charge < -0.3 is 14.5 Å². The lowest BCUT2D eigenvalue weighted by molar-refractivity contribution is 0.0566. The van der Waals surface area contributed by atoms with Gasteiger partial charge in [-0.1, -0.05) is 23.9 Å². The number of para-hydroxylation sites is 1. The van der Waals surface area contributed by atoms with Crippen LogP contribution in [0.2, 0.25) is 0 Å². The fraction of sp³-hybridized carbons (Fsp3) is 0.280. The maximum absolute atomic E-state index is 14.8. The van der Waals surface area contributed by atoms with Crippen molar-refractivity contribution in [2.24, 2.45) is 0 Å². The summed E-state index contributed by atoms with van der Waals surface area (Å²) in [4.78, 5) is 36.9. The van der Waals surface area contributed by atoms with Crippen LogP contribution in [0.3, 0.4) is 0 Å². The van der Waals surface area contributed by atoms with Crippen molar-refractivity contribution in [2.45, 2.75) is 17.8 Å². The number of pyridine rings is 1. The highest BCUT2D eigenvalue weighted by atomic mass is 32.2. The van der Waals surface area contributed by atoms with Gasteiger partial charge in [0, 0.05) is 49.5 Å². The first-order chi connectivity index (χ1) is 18.5. The van der Waals surface area contributed by atoms with Crippen LogP contribution in [0.15, 0.2) is 59.3 Å². The number of halogens is 1. The summed E-state index contributed by atoms with van der Waals surface area (Å²) < 4.78 is 21.5. The zero-order chi connectivity index (χ0) is 26.5. The van der Waals surface area contributed by atoms with Crippen molar-refractivity contribution in [3.05, 3.63) is 70.7 Å². The van der Waals surface area contributed by atoms with E-state index in [0.717, 1.165) is 5.01 Å². The first kappa shape index (κ1) is 25.8. The van der Waals surface area contributed by atoms with Crippen molar-refractivity contribution in [2.75, 3.05) is 32.8 Å². The van der Waals surface area contributed by atoms with E-state index in [-0.39, 0.29) is 12.0 Å². The number of ether oxygens (including phenoxy) is 1. The van der Waals surface area contributed by atoms with E-state index in [9.17, 15) is 14.0 Å². The number of carbonyl (C=O) groups is 2. The molecular formula is C25H24FN7O3S2. The van der Waals surface area contributed by atoms with Gasteiger partial charge in [-0.3, -0.25) is 14.3 Å². The summed E-state index contributed by atoms with van der Waals surface area (Å²) in [7, 11) is 0. The second-order valence-electron chi connectivity index (χ2n) is 8.23. The Bertz CT molecular complexity index is 1420. The van der Waals surface area contributed by atoms with Crippen molar-refractivity contribution in [3.63, 3.8) is 0 Å². The van der Waals surface area contributed by atoms with Crippen LogP contribution in [0.5, 0.6) is 0 Å². The van der Waals surface area contributed by atoms with Crippen molar-refractivity contribution in [1.82, 2.24) is 34.5 Å². The predicted molar refractivity (Wildman–Crippen MR) is 141 cm³/mol. The number of rotatable bonds is 7. The van der Waals surface area contributed by atoms with Gasteiger partial charge in [-0.25, -0.2) is 14.2 Å². The highest BCUT2D eigenvalue weighted by Crippen LogP contribution is 2.31. The van der Waals surface area contributed by atoms with Crippen LogP contribution in [0.25, 0.3) is 17.1 Å². The highest BCUT2D eigenvalue weighted by Gasteiger charge is 2.27. The zero-order valence-corrected chi connectivity index (χ0v) is 22.1. The molecule has 1 aromatic carbocycles. The Morgan fingerprint density at radius 3 is 2.61 bits per heavy atom. The van der Waals surface area contributed by atoms with E-state index in [1.807, 2.05) is 6.07 Å². The van der Waals surface area contributed by atoms with Gasteiger partial charge in [-0.15, -0.1) is 21.5 Å². The van der Waals surface area contributed by atoms with Gasteiger partial charge in [-0.05, 0) is 31.2 Å². The molecule has 0 N–H and O–H groups in total. The van der Waals surface area contributed by atoms with Gasteiger partial charge in [0.05, 0.1) is 18.0 Å². The van der Waals surface area contributed by atoms with E-state index in [1.165, 1.54) is 29.2 Å². The van der Waals surface area contributed by atoms with Crippen molar-refractivity contribution in [1.29, 1.82) is 0 Å². The molecule has 0 spiro atoms. The zero-order valence-electron chi connectivity index (χ0n) is 20.5. The fourth-order valence-electron chi connectivity index (χ4n) is 3.97. The SMILES string of the molecule is CCOC(=O)N1CCN(C(=O)c2csc(CSc3nnc(-c4cccnc4)n3-c3ccccc3F)n2)CC1. The summed E-state index contributed by atoms with van der Waals surface area (Å²) in [5, 5.41) is 11.6. The molecule has 5 rings (SSSR count). The summed E-state index contributed by atoms with van der Waals surface area (Å²) in [5.41, 5.74) is 1.40. The van der Waals surface area contributed by atoms with Gasteiger partial charge in [0.25, 0.3) is 5.91 Å². The molecule has 0 radical (unpaired) electrons. The van der Waals surface area contributed by atoms with Gasteiger partial charge in [-0.2, -0.15) is 0 Å². The first-order valence-electron chi connectivity index (χ1n) is 11.9. The topological polar surface area (TPSA) is 106 Å². The van der Waals surface area contributed by atoms with Gasteiger partial charge in [0.2, 0.25) is 0 Å². The lowest BCUT2D eigenvalue weighted by atomic mass is 10.2. The molecule has 0 atom stereocenters. The second kappa shape index (κ2) is 11.7. The smallest absolute Gasteiger partial charge is 0.409 e. The molecule has 1 aliphatic heterocycles. The van der Waals surface area contributed by atoms with E-state index in [2.05, 4.69) is 20.2 Å². The first-order valence-corrected chi connectivity index (χ1v) is 13.8. The van der Waals surface area contributed by atoms with Crippen LogP contribution in [0.4, 0.5) is 9.18 Å². The summed E-state index contributed by atoms with van der Waals surface area (Å²) in [6.07, 6.45) is 2.95. The molecule has 2 amide bonds. The molecule has 0 unspecified atom stereocenters. The molecule has 0 bridgehead atoms. The molecule has 0 aliphatic carbocycles. The number of hydrogen-bond donors (Lipinski definition) is 0. The van der Waals surface area contributed by atoms with Gasteiger partial charge in [0.1, 0.15) is 16.5 Å². The lowest BCUT2D eigenvalue weighted by Crippen LogP contribution is -2.50. The maximum Gasteiger partial charge on any atom is 0.409 e. The molecule has 13 heteroatoms. The Morgan fingerprint density at radius 1 is 1.08 bits per heavy atom. The molecule has 4 aromatic rings. The van der Waals surface area contributed by atoms with E-state index in [4.69, 9.17) is 4.74 Å². The van der Waals surface area contributed by atoms with Gasteiger partial charge >= 0.3 is 6.09 Å². The third-order valence-corrected chi connectivity index (χ3v) is 7.81. The number of aromatic nitrogens is 5. The Morgan fingerprint density at radius 2 is 1.87 bits per heavy atom. The molecule has 38 heavy (non-hydrogen) atoms. The number of amides is 2. The van der Waals surface area contributed by atoms with Crippen LogP contribution in [0, 0.1) is 5.82 Å². The fourth-order valence-corrected chi connectivity index (χ4v) is 5.70. The third kappa shape index (κ3) is 5.53. The maximum atomic E-state index is 14.8. The van der Waals surface area contributed by atoms with Crippen LogP contribution in [-0.2, 0) is 10.5 Å². The molecule has 10 nitrogen and oxygen atoms in total. The van der Waals surface area contributed by atoms with E-state index < -0.39 is 5.82 Å². The summed E-state index contributed by atoms with van der Waals surface area (Å²) in [6.45, 7) is 3.76. The number of benzene rings is 1. The largest absolute Gasteiger partial charge is 0.450 e. The molecule has 1 aliphatic rings. The minimum absolute atomic E-state index is 0.172. The Labute approximate surface area is 226 Å². The molecule has 196 valence electrons. The summed E-state index contributed by atoms with van der Waals surface area (Å²) in [5.74, 6) is 0.329. The second-order valence-corrected chi connectivity index (χ2v) is 10.1. The molecule has 3 aromatic heterocycles. The highest BCUT2D eigenvalue weighted by molar-refractivity contribution is 7.98. The molecule has 4 heterocycles. The van der Waals surface area contributed by atoms with Crippen molar-refractivity contribution >= 4 is 35.1 Å². The monoisotopic (exact) mass is 553 g/mol. The number of thioether (sulfide) groups is 1. The average molecular weight is 554 g/mol. The minimum Gasteiger partial charge on any atom is -0.450 e. The number of carbonyl (C=O) groups excluding carboxylic acids is 2. The van der Waals surface area contributed by atoms with Gasteiger partial charge in [0.15, 0.2) is 11.0 Å². The quantitative estimate of drug-likeness (QED) is 0.315. The van der Waals surface area contributed by atoms with Crippen molar-refractivity contribution in [3.8, 4) is 17.1 Å². The van der Waals surface area contributed by atoms with Crippen LogP contribution >= 0.6 is 23.1 Å². The molecule has 0 saturated carbocycles. The number of thiazole rings is 1. The van der Waals surface area contributed by atoms with E-state index in [0.29, 0.717) is 66.5 Å². The van der Waals surface area contributed by atoms with Crippen LogP contribution < -0.4 is 0 Å². The van der Waals surface area contributed by atoms with Crippen LogP contribution in [0.1, 0.15) is 22.4 Å². The summed E-state index contributed by atoms with van der Waals surface area (Å²) in [6, 6.07) is 10.1. The number of piperazine rings is 1.